The molecule has 0 spiro atoms. The molecule has 0 saturated carbocycles. The summed E-state index contributed by atoms with van der Waals surface area (Å²) in [6.07, 6.45) is -0.358. The SMILES string of the molecule is CC(C)(C)OC(=O)N1CCN(c2cc(F)cc(B(O)O)c2)CC1. The monoisotopic (exact) mass is 324 g/mol. The summed E-state index contributed by atoms with van der Waals surface area (Å²) >= 11 is 0. The molecule has 6 nitrogen and oxygen atoms in total. The van der Waals surface area contributed by atoms with Crippen molar-refractivity contribution in [1.82, 2.24) is 4.90 Å². The van der Waals surface area contributed by atoms with Crippen molar-refractivity contribution in [3.63, 3.8) is 0 Å². The third-order valence-corrected chi connectivity index (χ3v) is 3.50. The quantitative estimate of drug-likeness (QED) is 0.778. The molecular weight excluding hydrogens is 302 g/mol. The maximum absolute atomic E-state index is 13.6. The van der Waals surface area contributed by atoms with Crippen LogP contribution in [0.25, 0.3) is 0 Å². The van der Waals surface area contributed by atoms with Crippen molar-refractivity contribution in [2.75, 3.05) is 31.1 Å². The van der Waals surface area contributed by atoms with Gasteiger partial charge in [0.2, 0.25) is 0 Å². The van der Waals surface area contributed by atoms with Crippen molar-refractivity contribution in [3.05, 3.63) is 24.0 Å². The van der Waals surface area contributed by atoms with Gasteiger partial charge in [0.1, 0.15) is 11.4 Å². The standard InChI is InChI=1S/C15H22BFN2O4/c1-15(2,3)23-14(20)19-6-4-18(5-7-19)13-9-11(16(21)22)8-12(17)10-13/h8-10,21-22H,4-7H2,1-3H3. The number of anilines is 1. The molecule has 1 amide bonds. The molecule has 2 rings (SSSR count). The summed E-state index contributed by atoms with van der Waals surface area (Å²) in [6, 6.07) is 3.97. The van der Waals surface area contributed by atoms with E-state index >= 15 is 0 Å². The van der Waals surface area contributed by atoms with Crippen molar-refractivity contribution in [2.24, 2.45) is 0 Å². The van der Waals surface area contributed by atoms with Crippen LogP contribution in [0.4, 0.5) is 14.9 Å². The van der Waals surface area contributed by atoms with Gasteiger partial charge in [-0.3, -0.25) is 0 Å². The molecule has 8 heteroatoms. The number of piperazine rings is 1. The lowest BCUT2D eigenvalue weighted by Crippen LogP contribution is -2.50. The minimum atomic E-state index is -1.72. The molecule has 0 aromatic heterocycles. The van der Waals surface area contributed by atoms with E-state index in [2.05, 4.69) is 0 Å². The Balaban J connectivity index is 2.01. The molecule has 1 aliphatic heterocycles. The average Bonchev–Trinajstić information content (AvgIpc) is 2.45. The lowest BCUT2D eigenvalue weighted by Gasteiger charge is -2.36. The second-order valence-electron chi connectivity index (χ2n) is 6.57. The van der Waals surface area contributed by atoms with Gasteiger partial charge in [-0.15, -0.1) is 0 Å². The largest absolute Gasteiger partial charge is 0.488 e. The van der Waals surface area contributed by atoms with Gasteiger partial charge >= 0.3 is 13.2 Å². The van der Waals surface area contributed by atoms with Crippen molar-refractivity contribution in [3.8, 4) is 0 Å². The van der Waals surface area contributed by atoms with E-state index in [1.165, 1.54) is 12.1 Å². The molecule has 0 unspecified atom stereocenters. The Morgan fingerprint density at radius 3 is 2.30 bits per heavy atom. The summed E-state index contributed by atoms with van der Waals surface area (Å²) in [5.74, 6) is -0.528. The first kappa shape index (κ1) is 17.6. The Labute approximate surface area is 135 Å². The number of halogens is 1. The number of carbonyl (C=O) groups is 1. The molecule has 1 fully saturated rings. The van der Waals surface area contributed by atoms with Crippen molar-refractivity contribution >= 4 is 24.4 Å². The Morgan fingerprint density at radius 1 is 1.17 bits per heavy atom. The zero-order valence-electron chi connectivity index (χ0n) is 13.6. The lowest BCUT2D eigenvalue weighted by molar-refractivity contribution is 0.0240. The number of hydrogen-bond acceptors (Lipinski definition) is 5. The van der Waals surface area contributed by atoms with Gasteiger partial charge in [-0.2, -0.15) is 0 Å². The van der Waals surface area contributed by atoms with Crippen LogP contribution in [0.5, 0.6) is 0 Å². The summed E-state index contributed by atoms with van der Waals surface area (Å²) in [5, 5.41) is 18.4. The number of amides is 1. The molecule has 0 aliphatic carbocycles. The molecule has 1 aromatic carbocycles. The fourth-order valence-electron chi connectivity index (χ4n) is 2.40. The Morgan fingerprint density at radius 2 is 1.78 bits per heavy atom. The fourth-order valence-corrected chi connectivity index (χ4v) is 2.40. The molecule has 0 bridgehead atoms. The van der Waals surface area contributed by atoms with E-state index in [0.29, 0.717) is 31.9 Å². The van der Waals surface area contributed by atoms with Crippen LogP contribution in [-0.2, 0) is 4.74 Å². The van der Waals surface area contributed by atoms with E-state index in [9.17, 15) is 19.2 Å². The zero-order chi connectivity index (χ0) is 17.2. The maximum Gasteiger partial charge on any atom is 0.488 e. The van der Waals surface area contributed by atoms with E-state index in [0.717, 1.165) is 6.07 Å². The summed E-state index contributed by atoms with van der Waals surface area (Å²) in [5.41, 5.74) is 0.134. The average molecular weight is 324 g/mol. The summed E-state index contributed by atoms with van der Waals surface area (Å²) in [6.45, 7) is 7.40. The smallest absolute Gasteiger partial charge is 0.444 e. The van der Waals surface area contributed by atoms with Crippen LogP contribution in [0.3, 0.4) is 0 Å². The maximum atomic E-state index is 13.6. The molecule has 0 radical (unpaired) electrons. The molecule has 1 saturated heterocycles. The van der Waals surface area contributed by atoms with E-state index in [-0.39, 0.29) is 11.6 Å². The van der Waals surface area contributed by atoms with E-state index in [4.69, 9.17) is 4.74 Å². The number of ether oxygens (including phenoxy) is 1. The van der Waals surface area contributed by atoms with Gasteiger partial charge in [0, 0.05) is 31.9 Å². The number of nitrogens with zero attached hydrogens (tertiary/aromatic N) is 2. The Hall–Kier alpha value is -1.80. The minimum absolute atomic E-state index is 0.106. The third kappa shape index (κ3) is 4.84. The summed E-state index contributed by atoms with van der Waals surface area (Å²) < 4.78 is 18.9. The Kier molecular flexibility index (Phi) is 5.16. The van der Waals surface area contributed by atoms with Crippen molar-refractivity contribution in [1.29, 1.82) is 0 Å². The first-order chi connectivity index (χ1) is 10.7. The molecule has 2 N–H and O–H groups in total. The normalized spacial score (nSPS) is 15.6. The molecule has 0 atom stereocenters. The highest BCUT2D eigenvalue weighted by atomic mass is 19.1. The number of hydrogen-bond donors (Lipinski definition) is 2. The van der Waals surface area contributed by atoms with Crippen molar-refractivity contribution in [2.45, 2.75) is 26.4 Å². The predicted molar refractivity (Wildman–Crippen MR) is 86.2 cm³/mol. The number of rotatable bonds is 2. The molecule has 1 heterocycles. The highest BCUT2D eigenvalue weighted by Crippen LogP contribution is 2.18. The second kappa shape index (κ2) is 6.76. The molecule has 1 aromatic rings. The van der Waals surface area contributed by atoms with Gasteiger partial charge in [0.05, 0.1) is 0 Å². The first-order valence-electron chi connectivity index (χ1n) is 7.55. The molecule has 1 aliphatic rings. The minimum Gasteiger partial charge on any atom is -0.444 e. The van der Waals surface area contributed by atoms with Crippen LogP contribution in [-0.4, -0.2) is 59.9 Å². The van der Waals surface area contributed by atoms with Gasteiger partial charge in [-0.1, -0.05) is 0 Å². The number of carbonyl (C=O) groups excluding carboxylic acids is 1. The van der Waals surface area contributed by atoms with Crippen LogP contribution in [0.2, 0.25) is 0 Å². The molecular formula is C15H22BFN2O4. The van der Waals surface area contributed by atoms with Crippen LogP contribution >= 0.6 is 0 Å². The van der Waals surface area contributed by atoms with E-state index < -0.39 is 18.5 Å². The van der Waals surface area contributed by atoms with Crippen LogP contribution in [0, 0.1) is 5.82 Å². The predicted octanol–water partition coefficient (Wildman–Crippen LogP) is 0.563. The first-order valence-corrected chi connectivity index (χ1v) is 7.55. The van der Waals surface area contributed by atoms with Gasteiger partial charge in [0.15, 0.2) is 0 Å². The number of benzene rings is 1. The molecule has 126 valence electrons. The summed E-state index contributed by atoms with van der Waals surface area (Å²) in [7, 11) is -1.72. The van der Waals surface area contributed by atoms with Gasteiger partial charge in [-0.25, -0.2) is 9.18 Å². The van der Waals surface area contributed by atoms with Gasteiger partial charge in [-0.05, 0) is 44.4 Å². The fraction of sp³-hybridized carbons (Fsp3) is 0.533. The lowest BCUT2D eigenvalue weighted by atomic mass is 9.80. The topological polar surface area (TPSA) is 73.2 Å². The van der Waals surface area contributed by atoms with Crippen molar-refractivity contribution < 1.29 is 24.0 Å². The zero-order valence-corrected chi connectivity index (χ0v) is 13.6. The van der Waals surface area contributed by atoms with Crippen LogP contribution < -0.4 is 10.4 Å². The van der Waals surface area contributed by atoms with E-state index in [1.807, 2.05) is 25.7 Å². The highest BCUT2D eigenvalue weighted by molar-refractivity contribution is 6.58. The second-order valence-corrected chi connectivity index (χ2v) is 6.57. The van der Waals surface area contributed by atoms with Gasteiger partial charge in [0.25, 0.3) is 0 Å². The molecule has 23 heavy (non-hydrogen) atoms. The summed E-state index contributed by atoms with van der Waals surface area (Å²) in [4.78, 5) is 15.5. The highest BCUT2D eigenvalue weighted by Gasteiger charge is 2.26. The Bertz CT molecular complexity index is 569. The van der Waals surface area contributed by atoms with E-state index in [1.54, 1.807) is 4.90 Å². The van der Waals surface area contributed by atoms with Gasteiger partial charge < -0.3 is 24.6 Å². The third-order valence-electron chi connectivity index (χ3n) is 3.50. The van der Waals surface area contributed by atoms with Crippen LogP contribution in [0.15, 0.2) is 18.2 Å². The van der Waals surface area contributed by atoms with Crippen LogP contribution in [0.1, 0.15) is 20.8 Å².